The first kappa shape index (κ1) is 8.49. The Morgan fingerprint density at radius 1 is 1.54 bits per heavy atom. The number of nitrogens with one attached hydrogen (secondary N) is 1. The van der Waals surface area contributed by atoms with Crippen LogP contribution in [0.25, 0.3) is 10.9 Å². The molecule has 1 aromatic heterocycles. The van der Waals surface area contributed by atoms with Gasteiger partial charge in [0.05, 0.1) is 17.3 Å². The number of carboxylic acid groups (broad SMARTS) is 1. The molecule has 1 heterocycles. The van der Waals surface area contributed by atoms with Gasteiger partial charge in [-0.3, -0.25) is 5.10 Å². The molecule has 0 saturated heterocycles. The molecule has 0 aliphatic heterocycles. The summed E-state index contributed by atoms with van der Waals surface area (Å²) in [5.74, 6) is -0.916. The van der Waals surface area contributed by atoms with Gasteiger partial charge in [0.1, 0.15) is 0 Å². The van der Waals surface area contributed by atoms with E-state index in [-0.39, 0.29) is 0 Å². The highest BCUT2D eigenvalue weighted by Gasteiger charge is 2.09. The minimum atomic E-state index is -0.916. The fraction of sp³-hybridized carbons (Fsp3) is 0. The number of aromatic nitrogens is 2. The van der Waals surface area contributed by atoms with Crippen molar-refractivity contribution in [3.63, 3.8) is 0 Å². The minimum Gasteiger partial charge on any atom is -0.478 e. The second-order valence-electron chi connectivity index (χ2n) is 2.59. The first-order valence-corrected chi connectivity index (χ1v) is 4.62. The van der Waals surface area contributed by atoms with Gasteiger partial charge in [-0.05, 0) is 34.7 Å². The van der Waals surface area contributed by atoms with Crippen molar-refractivity contribution in [2.75, 3.05) is 0 Å². The van der Waals surface area contributed by atoms with E-state index in [0.29, 0.717) is 5.56 Å². The monoisotopic (exact) mass is 288 g/mol. The number of carboxylic acids is 1. The average Bonchev–Trinajstić information content (AvgIpc) is 2.48. The van der Waals surface area contributed by atoms with Gasteiger partial charge in [-0.2, -0.15) is 5.10 Å². The zero-order chi connectivity index (χ0) is 9.42. The van der Waals surface area contributed by atoms with Crippen molar-refractivity contribution in [2.24, 2.45) is 0 Å². The molecule has 0 atom stereocenters. The molecule has 66 valence electrons. The molecule has 1 aromatic carbocycles. The Balaban J connectivity index is 2.76. The number of halogens is 1. The van der Waals surface area contributed by atoms with Crippen LogP contribution in [0.1, 0.15) is 10.4 Å². The van der Waals surface area contributed by atoms with E-state index in [1.807, 2.05) is 22.6 Å². The quantitative estimate of drug-likeness (QED) is 0.787. The third kappa shape index (κ3) is 1.39. The van der Waals surface area contributed by atoms with Crippen molar-refractivity contribution < 1.29 is 9.90 Å². The molecule has 0 bridgehead atoms. The highest BCUT2D eigenvalue weighted by molar-refractivity contribution is 14.1. The van der Waals surface area contributed by atoms with Gasteiger partial charge >= 0.3 is 5.97 Å². The molecule has 0 unspecified atom stereocenters. The van der Waals surface area contributed by atoms with E-state index in [9.17, 15) is 4.79 Å². The van der Waals surface area contributed by atoms with Crippen LogP contribution in [0.2, 0.25) is 0 Å². The molecule has 0 aliphatic carbocycles. The average molecular weight is 288 g/mol. The summed E-state index contributed by atoms with van der Waals surface area (Å²) in [6.07, 6.45) is 1.67. The number of hydrogen-bond donors (Lipinski definition) is 2. The molecule has 2 aromatic rings. The summed E-state index contributed by atoms with van der Waals surface area (Å²) < 4.78 is 0.721. The number of H-pyrrole nitrogens is 1. The first-order valence-electron chi connectivity index (χ1n) is 3.54. The Morgan fingerprint density at radius 2 is 2.31 bits per heavy atom. The lowest BCUT2D eigenvalue weighted by Gasteiger charge is -1.97. The van der Waals surface area contributed by atoms with E-state index in [4.69, 9.17) is 5.11 Å². The van der Waals surface area contributed by atoms with Gasteiger partial charge in [0, 0.05) is 8.96 Å². The second-order valence-corrected chi connectivity index (χ2v) is 3.76. The molecule has 0 aliphatic rings. The zero-order valence-electron chi connectivity index (χ0n) is 6.41. The fourth-order valence-corrected chi connectivity index (χ4v) is 1.85. The van der Waals surface area contributed by atoms with Gasteiger partial charge in [-0.25, -0.2) is 4.79 Å². The molecule has 0 spiro atoms. The molecule has 0 fully saturated rings. The lowest BCUT2D eigenvalue weighted by molar-refractivity contribution is 0.0696. The first-order chi connectivity index (χ1) is 6.18. The molecule has 2 N–H and O–H groups in total. The number of hydrogen-bond acceptors (Lipinski definition) is 2. The van der Waals surface area contributed by atoms with Crippen molar-refractivity contribution in [1.82, 2.24) is 10.2 Å². The van der Waals surface area contributed by atoms with Crippen molar-refractivity contribution >= 4 is 39.5 Å². The van der Waals surface area contributed by atoms with Crippen LogP contribution < -0.4 is 0 Å². The summed E-state index contributed by atoms with van der Waals surface area (Å²) in [6, 6.07) is 3.38. The van der Waals surface area contributed by atoms with Crippen molar-refractivity contribution in [3.8, 4) is 0 Å². The van der Waals surface area contributed by atoms with Gasteiger partial charge < -0.3 is 5.11 Å². The summed E-state index contributed by atoms with van der Waals surface area (Å²) in [6.45, 7) is 0. The van der Waals surface area contributed by atoms with Gasteiger partial charge in [0.2, 0.25) is 0 Å². The standard InChI is InChI=1S/C8H5IN2O2/c9-6-1-4-3-10-11-7(4)2-5(6)8(12)13/h1-3H,(H,10,11)(H,12,13). The second kappa shape index (κ2) is 2.99. The van der Waals surface area contributed by atoms with Crippen LogP contribution in [-0.2, 0) is 0 Å². The van der Waals surface area contributed by atoms with Gasteiger partial charge in [-0.15, -0.1) is 0 Å². The van der Waals surface area contributed by atoms with Crippen LogP contribution in [0, 0.1) is 3.57 Å². The molecular weight excluding hydrogens is 283 g/mol. The Morgan fingerprint density at radius 3 is 3.00 bits per heavy atom. The molecule has 4 nitrogen and oxygen atoms in total. The van der Waals surface area contributed by atoms with E-state index < -0.39 is 5.97 Å². The maximum Gasteiger partial charge on any atom is 0.336 e. The summed E-state index contributed by atoms with van der Waals surface area (Å²) in [7, 11) is 0. The fourth-order valence-electron chi connectivity index (χ4n) is 1.13. The Kier molecular flexibility index (Phi) is 1.95. The molecule has 0 saturated carbocycles. The van der Waals surface area contributed by atoms with E-state index in [1.54, 1.807) is 18.3 Å². The number of fused-ring (bicyclic) bond motifs is 1. The molecule has 0 amide bonds. The molecule has 5 heteroatoms. The predicted molar refractivity (Wildman–Crippen MR) is 55.8 cm³/mol. The van der Waals surface area contributed by atoms with Crippen LogP contribution >= 0.6 is 22.6 Å². The molecule has 13 heavy (non-hydrogen) atoms. The Labute approximate surface area is 87.1 Å². The lowest BCUT2D eigenvalue weighted by atomic mass is 10.2. The predicted octanol–water partition coefficient (Wildman–Crippen LogP) is 1.87. The third-order valence-corrected chi connectivity index (χ3v) is 2.65. The summed E-state index contributed by atoms with van der Waals surface area (Å²) >= 11 is 2.00. The number of rotatable bonds is 1. The zero-order valence-corrected chi connectivity index (χ0v) is 8.57. The van der Waals surface area contributed by atoms with Gasteiger partial charge in [-0.1, -0.05) is 0 Å². The van der Waals surface area contributed by atoms with Crippen molar-refractivity contribution in [1.29, 1.82) is 0 Å². The number of benzene rings is 1. The number of aromatic amines is 1. The molecule has 2 rings (SSSR count). The van der Waals surface area contributed by atoms with Crippen LogP contribution in [0.15, 0.2) is 18.3 Å². The Hall–Kier alpha value is -1.11. The number of nitrogens with zero attached hydrogens (tertiary/aromatic N) is 1. The van der Waals surface area contributed by atoms with E-state index >= 15 is 0 Å². The number of aromatic carboxylic acids is 1. The number of carbonyl (C=O) groups is 1. The summed E-state index contributed by atoms with van der Waals surface area (Å²) in [5, 5.41) is 16.3. The largest absolute Gasteiger partial charge is 0.478 e. The maximum absolute atomic E-state index is 10.7. The SMILES string of the molecule is O=C(O)c1cc2[nH]ncc2cc1I. The Bertz CT molecular complexity index is 478. The smallest absolute Gasteiger partial charge is 0.336 e. The summed E-state index contributed by atoms with van der Waals surface area (Å²) in [4.78, 5) is 10.7. The van der Waals surface area contributed by atoms with E-state index in [2.05, 4.69) is 10.2 Å². The normalized spacial score (nSPS) is 10.5. The van der Waals surface area contributed by atoms with Crippen molar-refractivity contribution in [2.45, 2.75) is 0 Å². The topological polar surface area (TPSA) is 66.0 Å². The van der Waals surface area contributed by atoms with Crippen LogP contribution in [-0.4, -0.2) is 21.3 Å². The minimum absolute atomic E-state index is 0.303. The summed E-state index contributed by atoms with van der Waals surface area (Å²) in [5.41, 5.74) is 1.05. The van der Waals surface area contributed by atoms with Crippen molar-refractivity contribution in [3.05, 3.63) is 27.5 Å². The van der Waals surface area contributed by atoms with Crippen LogP contribution in [0.3, 0.4) is 0 Å². The highest BCUT2D eigenvalue weighted by atomic mass is 127. The maximum atomic E-state index is 10.7. The van der Waals surface area contributed by atoms with Crippen LogP contribution in [0.5, 0.6) is 0 Å². The lowest BCUT2D eigenvalue weighted by Crippen LogP contribution is -1.98. The van der Waals surface area contributed by atoms with E-state index in [1.165, 1.54) is 0 Å². The molecular formula is C8H5IN2O2. The van der Waals surface area contributed by atoms with E-state index in [0.717, 1.165) is 14.5 Å². The van der Waals surface area contributed by atoms with Crippen LogP contribution in [0.4, 0.5) is 0 Å². The van der Waals surface area contributed by atoms with Gasteiger partial charge in [0.25, 0.3) is 0 Å². The molecule has 0 radical (unpaired) electrons. The third-order valence-electron chi connectivity index (χ3n) is 1.76. The highest BCUT2D eigenvalue weighted by Crippen LogP contribution is 2.19. The van der Waals surface area contributed by atoms with Gasteiger partial charge in [0.15, 0.2) is 0 Å².